The van der Waals surface area contributed by atoms with Crippen molar-refractivity contribution >= 4 is 15.8 Å². The summed E-state index contributed by atoms with van der Waals surface area (Å²) in [5.74, 6) is 1.00. The zero-order valence-corrected chi connectivity index (χ0v) is 18.7. The average Bonchev–Trinajstić information content (AvgIpc) is 2.66. The van der Waals surface area contributed by atoms with E-state index >= 15 is 0 Å². The lowest BCUT2D eigenvalue weighted by Gasteiger charge is -2.30. The van der Waals surface area contributed by atoms with Crippen molar-refractivity contribution in [2.45, 2.75) is 44.9 Å². The van der Waals surface area contributed by atoms with Crippen molar-refractivity contribution < 1.29 is 12.8 Å². The number of guanidine groups is 1. The molecule has 1 aromatic carbocycles. The minimum Gasteiger partial charge on any atom is -0.356 e. The van der Waals surface area contributed by atoms with Gasteiger partial charge in [-0.25, -0.2) is 12.8 Å². The zero-order valence-electron chi connectivity index (χ0n) is 17.9. The van der Waals surface area contributed by atoms with E-state index in [1.54, 1.807) is 7.05 Å². The summed E-state index contributed by atoms with van der Waals surface area (Å²) in [6.45, 7) is 7.01. The van der Waals surface area contributed by atoms with Crippen molar-refractivity contribution in [3.8, 4) is 0 Å². The van der Waals surface area contributed by atoms with Gasteiger partial charge in [-0.1, -0.05) is 13.0 Å². The van der Waals surface area contributed by atoms with Gasteiger partial charge in [0.15, 0.2) is 15.8 Å². The molecule has 0 atom stereocenters. The summed E-state index contributed by atoms with van der Waals surface area (Å²) in [5, 5.41) is 6.43. The Balaban J connectivity index is 1.74. The Morgan fingerprint density at radius 3 is 2.59 bits per heavy atom. The van der Waals surface area contributed by atoms with E-state index in [4.69, 9.17) is 0 Å². The summed E-state index contributed by atoms with van der Waals surface area (Å²) in [6.07, 6.45) is 5.97. The molecule has 0 aromatic heterocycles. The summed E-state index contributed by atoms with van der Waals surface area (Å²) in [6, 6.07) is 4.20. The van der Waals surface area contributed by atoms with Crippen LogP contribution in [0.3, 0.4) is 0 Å². The van der Waals surface area contributed by atoms with Crippen LogP contribution in [0.2, 0.25) is 0 Å². The van der Waals surface area contributed by atoms with E-state index in [0.29, 0.717) is 23.6 Å². The number of benzene rings is 1. The molecule has 29 heavy (non-hydrogen) atoms. The maximum absolute atomic E-state index is 13.6. The topological polar surface area (TPSA) is 73.8 Å². The molecule has 1 saturated heterocycles. The molecule has 2 rings (SSSR count). The molecule has 0 spiro atoms. The fraction of sp³-hybridized carbons (Fsp3) is 0.667. The van der Waals surface area contributed by atoms with Crippen LogP contribution in [0.5, 0.6) is 0 Å². The van der Waals surface area contributed by atoms with Gasteiger partial charge >= 0.3 is 0 Å². The summed E-state index contributed by atoms with van der Waals surface area (Å²) < 4.78 is 36.8. The third-order valence-electron chi connectivity index (χ3n) is 5.33. The first-order chi connectivity index (χ1) is 13.8. The van der Waals surface area contributed by atoms with Crippen LogP contribution in [0.1, 0.15) is 43.7 Å². The molecule has 0 amide bonds. The second kappa shape index (κ2) is 11.5. The first-order valence-electron chi connectivity index (χ1n) is 10.4. The lowest BCUT2D eigenvalue weighted by Crippen LogP contribution is -2.38. The van der Waals surface area contributed by atoms with Crippen LogP contribution in [-0.2, 0) is 22.1 Å². The minimum absolute atomic E-state index is 0.106. The quantitative estimate of drug-likeness (QED) is 0.361. The van der Waals surface area contributed by atoms with Crippen molar-refractivity contribution in [3.05, 3.63) is 35.1 Å². The summed E-state index contributed by atoms with van der Waals surface area (Å²) in [5.41, 5.74) is 1.23. The lowest BCUT2D eigenvalue weighted by molar-refractivity contribution is 0.189. The van der Waals surface area contributed by atoms with Crippen LogP contribution in [0.25, 0.3) is 0 Å². The summed E-state index contributed by atoms with van der Waals surface area (Å²) in [4.78, 5) is 6.74. The van der Waals surface area contributed by atoms with Crippen LogP contribution >= 0.6 is 0 Å². The van der Waals surface area contributed by atoms with E-state index in [1.165, 1.54) is 50.4 Å². The van der Waals surface area contributed by atoms with Crippen molar-refractivity contribution in [1.82, 2.24) is 15.5 Å². The van der Waals surface area contributed by atoms with Gasteiger partial charge in [0.05, 0.1) is 5.75 Å². The number of rotatable bonds is 9. The molecule has 6 nitrogen and oxygen atoms in total. The molecule has 1 heterocycles. The summed E-state index contributed by atoms with van der Waals surface area (Å²) >= 11 is 0. The molecular formula is C21H35FN4O2S. The van der Waals surface area contributed by atoms with Crippen LogP contribution in [0.15, 0.2) is 23.2 Å². The van der Waals surface area contributed by atoms with Crippen molar-refractivity contribution in [2.24, 2.45) is 10.9 Å². The number of halogens is 1. The highest BCUT2D eigenvalue weighted by atomic mass is 32.2. The molecule has 1 aromatic rings. The second-order valence-electron chi connectivity index (χ2n) is 8.07. The third-order valence-corrected chi connectivity index (χ3v) is 6.16. The van der Waals surface area contributed by atoms with Crippen LogP contribution < -0.4 is 10.6 Å². The van der Waals surface area contributed by atoms with Crippen molar-refractivity contribution in [3.63, 3.8) is 0 Å². The van der Waals surface area contributed by atoms with Crippen LogP contribution in [0.4, 0.5) is 4.39 Å². The number of nitrogens with zero attached hydrogens (tertiary/aromatic N) is 2. The Bertz CT molecular complexity index is 775. The minimum atomic E-state index is -3.19. The van der Waals surface area contributed by atoms with Crippen LogP contribution in [0, 0.1) is 11.7 Å². The normalized spacial score (nSPS) is 16.8. The highest BCUT2D eigenvalue weighted by molar-refractivity contribution is 7.89. The molecule has 0 saturated carbocycles. The SMILES string of the molecule is CN=C(NCCCCN1CCC(C)CC1)NCc1cc(F)ccc1CS(C)(=O)=O. The van der Waals surface area contributed by atoms with Gasteiger partial charge in [0.2, 0.25) is 0 Å². The van der Waals surface area contributed by atoms with Gasteiger partial charge in [-0.3, -0.25) is 4.99 Å². The first kappa shape index (κ1) is 23.6. The van der Waals surface area contributed by atoms with E-state index in [9.17, 15) is 12.8 Å². The van der Waals surface area contributed by atoms with E-state index < -0.39 is 9.84 Å². The van der Waals surface area contributed by atoms with Crippen molar-refractivity contribution in [2.75, 3.05) is 39.5 Å². The zero-order chi connectivity index (χ0) is 21.3. The number of unbranched alkanes of at least 4 members (excludes halogenated alkanes) is 1. The van der Waals surface area contributed by atoms with Gasteiger partial charge < -0.3 is 15.5 Å². The number of aliphatic imine (C=N–C) groups is 1. The molecule has 2 N–H and O–H groups in total. The smallest absolute Gasteiger partial charge is 0.191 e. The van der Waals surface area contributed by atoms with Gasteiger partial charge in [-0.15, -0.1) is 0 Å². The predicted octanol–water partition coefficient (Wildman–Crippen LogP) is 2.55. The molecule has 0 unspecified atom stereocenters. The Kier molecular flexibility index (Phi) is 9.36. The molecule has 8 heteroatoms. The molecule has 1 aliphatic heterocycles. The number of likely N-dealkylation sites (tertiary alicyclic amines) is 1. The number of sulfone groups is 1. The van der Waals surface area contributed by atoms with Crippen molar-refractivity contribution in [1.29, 1.82) is 0 Å². The number of hydrogen-bond donors (Lipinski definition) is 2. The van der Waals surface area contributed by atoms with E-state index in [0.717, 1.165) is 31.8 Å². The highest BCUT2D eigenvalue weighted by Crippen LogP contribution is 2.16. The largest absolute Gasteiger partial charge is 0.356 e. The maximum Gasteiger partial charge on any atom is 0.191 e. The second-order valence-corrected chi connectivity index (χ2v) is 10.2. The number of hydrogen-bond acceptors (Lipinski definition) is 4. The molecule has 1 aliphatic rings. The van der Waals surface area contributed by atoms with Gasteiger partial charge in [-0.05, 0) is 74.5 Å². The Morgan fingerprint density at radius 2 is 1.93 bits per heavy atom. The number of piperidine rings is 1. The monoisotopic (exact) mass is 426 g/mol. The standard InChI is InChI=1S/C21H35FN4O2S/c1-17-8-12-26(13-9-17)11-5-4-10-24-21(23-2)25-15-19-14-20(22)7-6-18(19)16-29(3,27)28/h6-7,14,17H,4-5,8-13,15-16H2,1-3H3,(H2,23,24,25). The summed E-state index contributed by atoms with van der Waals surface area (Å²) in [7, 11) is -1.50. The van der Waals surface area contributed by atoms with E-state index in [-0.39, 0.29) is 11.6 Å². The van der Waals surface area contributed by atoms with Gasteiger partial charge in [0.1, 0.15) is 5.82 Å². The van der Waals surface area contributed by atoms with Gasteiger partial charge in [0, 0.05) is 26.4 Å². The maximum atomic E-state index is 13.6. The molecule has 164 valence electrons. The fourth-order valence-corrected chi connectivity index (χ4v) is 4.38. The first-order valence-corrected chi connectivity index (χ1v) is 12.4. The molecular weight excluding hydrogens is 391 g/mol. The molecule has 0 bridgehead atoms. The Morgan fingerprint density at radius 1 is 1.21 bits per heavy atom. The van der Waals surface area contributed by atoms with Gasteiger partial charge in [0.25, 0.3) is 0 Å². The highest BCUT2D eigenvalue weighted by Gasteiger charge is 2.15. The molecule has 0 aliphatic carbocycles. The van der Waals surface area contributed by atoms with E-state index in [1.807, 2.05) is 0 Å². The average molecular weight is 427 g/mol. The Labute approximate surface area is 174 Å². The van der Waals surface area contributed by atoms with Gasteiger partial charge in [-0.2, -0.15) is 0 Å². The van der Waals surface area contributed by atoms with E-state index in [2.05, 4.69) is 27.4 Å². The predicted molar refractivity (Wildman–Crippen MR) is 117 cm³/mol. The third kappa shape index (κ3) is 9.12. The number of nitrogens with one attached hydrogen (secondary N) is 2. The molecule has 0 radical (unpaired) electrons. The molecule has 1 fully saturated rings. The Hall–Kier alpha value is -1.67. The fourth-order valence-electron chi connectivity index (χ4n) is 3.53. The lowest BCUT2D eigenvalue weighted by atomic mass is 9.99. The van der Waals surface area contributed by atoms with Crippen LogP contribution in [-0.4, -0.2) is 58.8 Å².